The van der Waals surface area contributed by atoms with Crippen molar-refractivity contribution in [3.05, 3.63) is 29.6 Å². The Morgan fingerprint density at radius 2 is 1.96 bits per heavy atom. The molecule has 28 heavy (non-hydrogen) atoms. The van der Waals surface area contributed by atoms with Crippen LogP contribution in [0.4, 0.5) is 4.39 Å². The summed E-state index contributed by atoms with van der Waals surface area (Å²) in [5, 5.41) is 3.18. The number of ether oxygens (including phenoxy) is 1. The number of likely N-dealkylation sites (tertiary alicyclic amines) is 2. The Balaban J connectivity index is 1.27. The third kappa shape index (κ3) is 4.84. The lowest BCUT2D eigenvalue weighted by molar-refractivity contribution is -0.127. The van der Waals surface area contributed by atoms with E-state index in [2.05, 4.69) is 15.1 Å². The van der Waals surface area contributed by atoms with E-state index in [4.69, 9.17) is 4.74 Å². The number of benzene rings is 1. The fraction of sp³-hybridized carbons (Fsp3) is 0.682. The van der Waals surface area contributed by atoms with Gasteiger partial charge in [-0.25, -0.2) is 4.39 Å². The molecule has 1 amide bonds. The van der Waals surface area contributed by atoms with Crippen LogP contribution in [0.15, 0.2) is 18.2 Å². The fourth-order valence-corrected chi connectivity index (χ4v) is 4.58. The monoisotopic (exact) mass is 389 g/mol. The van der Waals surface area contributed by atoms with Crippen molar-refractivity contribution < 1.29 is 13.9 Å². The average Bonchev–Trinajstić information content (AvgIpc) is 3.54. The lowest BCUT2D eigenvalue weighted by Crippen LogP contribution is -2.50. The molecule has 2 aliphatic heterocycles. The van der Waals surface area contributed by atoms with E-state index in [1.165, 1.54) is 6.07 Å². The first-order valence-corrected chi connectivity index (χ1v) is 10.7. The first kappa shape index (κ1) is 19.6. The van der Waals surface area contributed by atoms with E-state index < -0.39 is 0 Å². The molecular weight excluding hydrogens is 357 g/mol. The summed E-state index contributed by atoms with van der Waals surface area (Å²) in [7, 11) is 1.61. The molecule has 1 N–H and O–H groups in total. The minimum absolute atomic E-state index is 0.151. The third-order valence-electron chi connectivity index (χ3n) is 6.47. The van der Waals surface area contributed by atoms with Gasteiger partial charge in [0.1, 0.15) is 11.6 Å². The SMILES string of the molecule is COc1ccc(F)c(CN2CCC(N3CCCC(C(=O)NC4CC4)C3)CC2)c1. The molecule has 5 nitrogen and oxygen atoms in total. The van der Waals surface area contributed by atoms with Crippen molar-refractivity contribution >= 4 is 5.91 Å². The van der Waals surface area contributed by atoms with Crippen LogP contribution in [0.5, 0.6) is 5.75 Å². The van der Waals surface area contributed by atoms with Gasteiger partial charge in [0.25, 0.3) is 0 Å². The maximum Gasteiger partial charge on any atom is 0.224 e. The highest BCUT2D eigenvalue weighted by Crippen LogP contribution is 2.27. The van der Waals surface area contributed by atoms with Crippen LogP contribution in [-0.4, -0.2) is 61.1 Å². The number of hydrogen-bond donors (Lipinski definition) is 1. The van der Waals surface area contributed by atoms with Gasteiger partial charge in [-0.15, -0.1) is 0 Å². The van der Waals surface area contributed by atoms with Crippen molar-refractivity contribution in [2.24, 2.45) is 5.92 Å². The Morgan fingerprint density at radius 3 is 2.68 bits per heavy atom. The molecule has 2 heterocycles. The number of rotatable bonds is 6. The molecular formula is C22H32FN3O2. The number of nitrogens with one attached hydrogen (secondary N) is 1. The van der Waals surface area contributed by atoms with Crippen molar-refractivity contribution in [2.45, 2.75) is 57.2 Å². The first-order valence-electron chi connectivity index (χ1n) is 10.7. The summed E-state index contributed by atoms with van der Waals surface area (Å²) in [5.74, 6) is 0.954. The number of nitrogens with zero attached hydrogens (tertiary/aromatic N) is 2. The minimum Gasteiger partial charge on any atom is -0.497 e. The van der Waals surface area contributed by atoms with Gasteiger partial charge in [0.2, 0.25) is 5.91 Å². The quantitative estimate of drug-likeness (QED) is 0.813. The van der Waals surface area contributed by atoms with Gasteiger partial charge in [0.05, 0.1) is 13.0 Å². The highest BCUT2D eigenvalue weighted by atomic mass is 19.1. The number of piperidine rings is 2. The highest BCUT2D eigenvalue weighted by Gasteiger charge is 2.33. The van der Waals surface area contributed by atoms with Crippen LogP contribution in [0.3, 0.4) is 0 Å². The van der Waals surface area contributed by atoms with Crippen molar-refractivity contribution in [2.75, 3.05) is 33.3 Å². The summed E-state index contributed by atoms with van der Waals surface area (Å²) in [6.45, 7) is 4.56. The van der Waals surface area contributed by atoms with Crippen molar-refractivity contribution in [1.29, 1.82) is 0 Å². The second kappa shape index (κ2) is 8.78. The van der Waals surface area contributed by atoms with Crippen molar-refractivity contribution in [1.82, 2.24) is 15.1 Å². The van der Waals surface area contributed by atoms with Crippen molar-refractivity contribution in [3.8, 4) is 5.75 Å². The summed E-state index contributed by atoms with van der Waals surface area (Å²) < 4.78 is 19.3. The maximum atomic E-state index is 14.1. The van der Waals surface area contributed by atoms with Crippen LogP contribution in [0.25, 0.3) is 0 Å². The normalized spacial score (nSPS) is 24.9. The van der Waals surface area contributed by atoms with E-state index in [1.807, 2.05) is 0 Å². The van der Waals surface area contributed by atoms with Crippen LogP contribution < -0.4 is 10.1 Å². The van der Waals surface area contributed by atoms with Gasteiger partial charge in [0.15, 0.2) is 0 Å². The number of carbonyl (C=O) groups excluding carboxylic acids is 1. The van der Waals surface area contributed by atoms with E-state index in [1.54, 1.807) is 19.2 Å². The standard InChI is InChI=1S/C22H32FN3O2/c1-28-20-6-7-21(23)17(13-20)14-25-11-8-19(9-12-25)26-10-2-3-16(15-26)22(27)24-18-4-5-18/h6-7,13,16,18-19H,2-5,8-12,14-15H2,1H3,(H,24,27). The minimum atomic E-state index is -0.163. The molecule has 3 fully saturated rings. The summed E-state index contributed by atoms with van der Waals surface area (Å²) in [6, 6.07) is 5.94. The van der Waals surface area contributed by atoms with Crippen LogP contribution in [-0.2, 0) is 11.3 Å². The molecule has 1 atom stereocenters. The largest absolute Gasteiger partial charge is 0.497 e. The van der Waals surface area contributed by atoms with E-state index in [0.717, 1.165) is 64.7 Å². The second-order valence-corrected chi connectivity index (χ2v) is 8.58. The molecule has 0 spiro atoms. The number of halogens is 1. The van der Waals surface area contributed by atoms with Gasteiger partial charge in [-0.2, -0.15) is 0 Å². The molecule has 2 saturated heterocycles. The zero-order chi connectivity index (χ0) is 19.5. The Bertz CT molecular complexity index is 686. The summed E-state index contributed by atoms with van der Waals surface area (Å²) in [5.41, 5.74) is 0.701. The fourth-order valence-electron chi connectivity index (χ4n) is 4.58. The summed E-state index contributed by atoms with van der Waals surface area (Å²) in [6.07, 6.45) is 6.59. The van der Waals surface area contributed by atoms with Crippen LogP contribution in [0, 0.1) is 11.7 Å². The van der Waals surface area contributed by atoms with Gasteiger partial charge in [-0.3, -0.25) is 14.6 Å². The molecule has 0 aromatic heterocycles. The van der Waals surface area contributed by atoms with Crippen LogP contribution in [0.2, 0.25) is 0 Å². The Morgan fingerprint density at radius 1 is 1.18 bits per heavy atom. The van der Waals surface area contributed by atoms with E-state index in [-0.39, 0.29) is 17.6 Å². The molecule has 6 heteroatoms. The predicted octanol–water partition coefficient (Wildman–Crippen LogP) is 2.79. The van der Waals surface area contributed by atoms with E-state index in [0.29, 0.717) is 29.9 Å². The molecule has 3 aliphatic rings. The van der Waals surface area contributed by atoms with E-state index >= 15 is 0 Å². The molecule has 1 aromatic rings. The number of hydrogen-bond acceptors (Lipinski definition) is 4. The third-order valence-corrected chi connectivity index (χ3v) is 6.47. The average molecular weight is 390 g/mol. The highest BCUT2D eigenvalue weighted by molar-refractivity contribution is 5.79. The van der Waals surface area contributed by atoms with Gasteiger partial charge >= 0.3 is 0 Å². The molecule has 1 saturated carbocycles. The molecule has 1 aliphatic carbocycles. The van der Waals surface area contributed by atoms with E-state index in [9.17, 15) is 9.18 Å². The summed E-state index contributed by atoms with van der Waals surface area (Å²) in [4.78, 5) is 17.3. The van der Waals surface area contributed by atoms with Gasteiger partial charge in [-0.1, -0.05) is 0 Å². The molecule has 1 aromatic carbocycles. The summed E-state index contributed by atoms with van der Waals surface area (Å²) >= 11 is 0. The molecule has 1 unspecified atom stereocenters. The topological polar surface area (TPSA) is 44.8 Å². The van der Waals surface area contributed by atoms with Crippen LogP contribution >= 0.6 is 0 Å². The lowest BCUT2D eigenvalue weighted by Gasteiger charge is -2.42. The molecule has 4 rings (SSSR count). The molecule has 0 radical (unpaired) electrons. The van der Waals surface area contributed by atoms with Crippen LogP contribution in [0.1, 0.15) is 44.1 Å². The molecule has 154 valence electrons. The lowest BCUT2D eigenvalue weighted by atomic mass is 9.93. The van der Waals surface area contributed by atoms with Gasteiger partial charge in [-0.05, 0) is 76.4 Å². The molecule has 0 bridgehead atoms. The number of carbonyl (C=O) groups is 1. The smallest absolute Gasteiger partial charge is 0.224 e. The first-order chi connectivity index (χ1) is 13.6. The Labute approximate surface area is 167 Å². The second-order valence-electron chi connectivity index (χ2n) is 8.58. The Hall–Kier alpha value is -1.66. The van der Waals surface area contributed by atoms with Gasteiger partial charge < -0.3 is 10.1 Å². The zero-order valence-electron chi connectivity index (χ0n) is 16.8. The van der Waals surface area contributed by atoms with Crippen molar-refractivity contribution in [3.63, 3.8) is 0 Å². The van der Waals surface area contributed by atoms with Gasteiger partial charge in [0, 0.05) is 30.7 Å². The Kier molecular flexibility index (Phi) is 6.16. The number of amides is 1. The number of methoxy groups -OCH3 is 1. The zero-order valence-corrected chi connectivity index (χ0v) is 16.8. The predicted molar refractivity (Wildman–Crippen MR) is 107 cm³/mol. The maximum absolute atomic E-state index is 14.1.